The van der Waals surface area contributed by atoms with Crippen LogP contribution in [0.5, 0.6) is 0 Å². The van der Waals surface area contributed by atoms with Crippen molar-refractivity contribution in [3.63, 3.8) is 0 Å². The van der Waals surface area contributed by atoms with Crippen LogP contribution in [0.1, 0.15) is 29.8 Å². The molecule has 1 heterocycles. The average molecular weight is 444 g/mol. The zero-order valence-corrected chi connectivity index (χ0v) is 18.7. The van der Waals surface area contributed by atoms with Gasteiger partial charge in [0.1, 0.15) is 0 Å². The fourth-order valence-corrected chi connectivity index (χ4v) is 4.17. The minimum Gasteiger partial charge on any atom is -0.379 e. The highest BCUT2D eigenvalue weighted by Gasteiger charge is 2.28. The number of ether oxygens (including phenoxy) is 1. The Morgan fingerprint density at radius 1 is 1.06 bits per heavy atom. The first-order valence-corrected chi connectivity index (χ1v) is 11.8. The van der Waals surface area contributed by atoms with Crippen LogP contribution in [0.25, 0.3) is 6.08 Å². The molecule has 0 atom stereocenters. The molecule has 1 saturated heterocycles. The molecule has 2 aromatic carbocycles. The zero-order chi connectivity index (χ0) is 22.3. The summed E-state index contributed by atoms with van der Waals surface area (Å²) in [6, 6.07) is 15.6. The number of morpholine rings is 1. The largest absolute Gasteiger partial charge is 0.379 e. The van der Waals surface area contributed by atoms with E-state index in [2.05, 4.69) is 28.8 Å². The van der Waals surface area contributed by atoms with Crippen molar-refractivity contribution >= 4 is 27.7 Å². The highest BCUT2D eigenvalue weighted by Crippen LogP contribution is 2.16. The van der Waals surface area contributed by atoms with Crippen molar-refractivity contribution in [2.75, 3.05) is 37.6 Å². The Morgan fingerprint density at radius 3 is 2.35 bits per heavy atom. The van der Waals surface area contributed by atoms with Gasteiger partial charge >= 0.3 is 0 Å². The lowest BCUT2D eigenvalue weighted by molar-refractivity contribution is -0.00923. The number of hydrogen-bond donors (Lipinski definition) is 2. The van der Waals surface area contributed by atoms with Crippen LogP contribution < -0.4 is 10.0 Å². The molecular formula is C23H29N3O4S. The van der Waals surface area contributed by atoms with E-state index in [0.29, 0.717) is 31.0 Å². The van der Waals surface area contributed by atoms with Gasteiger partial charge < -0.3 is 10.1 Å². The predicted octanol–water partition coefficient (Wildman–Crippen LogP) is 2.94. The van der Waals surface area contributed by atoms with Crippen molar-refractivity contribution in [3.8, 4) is 0 Å². The molecule has 2 N–H and O–H groups in total. The normalized spacial score (nSPS) is 15.7. The van der Waals surface area contributed by atoms with E-state index in [1.807, 2.05) is 30.3 Å². The van der Waals surface area contributed by atoms with Crippen molar-refractivity contribution in [1.82, 2.24) is 10.2 Å². The summed E-state index contributed by atoms with van der Waals surface area (Å²) in [6.07, 6.45) is 1.53. The molecule has 31 heavy (non-hydrogen) atoms. The van der Waals surface area contributed by atoms with E-state index >= 15 is 0 Å². The molecule has 7 nitrogen and oxygen atoms in total. The minimum atomic E-state index is -3.65. The SMILES string of the molecule is CC(C)(CNC(=O)c1ccc(NS(=O)(=O)C=Cc2ccccc2)cc1)N1CCOCC1. The molecule has 2 aromatic rings. The Balaban J connectivity index is 1.55. The van der Waals surface area contributed by atoms with Gasteiger partial charge in [-0.1, -0.05) is 30.3 Å². The third-order valence-electron chi connectivity index (χ3n) is 5.20. The van der Waals surface area contributed by atoms with E-state index in [4.69, 9.17) is 4.74 Å². The lowest BCUT2D eigenvalue weighted by atomic mass is 10.0. The lowest BCUT2D eigenvalue weighted by Crippen LogP contribution is -2.55. The van der Waals surface area contributed by atoms with Gasteiger partial charge in [0.05, 0.1) is 18.6 Å². The molecule has 0 radical (unpaired) electrons. The number of hydrogen-bond acceptors (Lipinski definition) is 5. The topological polar surface area (TPSA) is 87.7 Å². The second-order valence-corrected chi connectivity index (χ2v) is 9.60. The van der Waals surface area contributed by atoms with Gasteiger partial charge in [-0.05, 0) is 49.8 Å². The van der Waals surface area contributed by atoms with Crippen LogP contribution >= 0.6 is 0 Å². The van der Waals surface area contributed by atoms with Crippen LogP contribution in [0.15, 0.2) is 60.0 Å². The first kappa shape index (κ1) is 23.0. The molecule has 3 rings (SSSR count). The maximum Gasteiger partial charge on any atom is 0.255 e. The number of sulfonamides is 1. The Morgan fingerprint density at radius 2 is 1.71 bits per heavy atom. The van der Waals surface area contributed by atoms with Crippen molar-refractivity contribution < 1.29 is 17.9 Å². The van der Waals surface area contributed by atoms with Crippen LogP contribution in [0, 0.1) is 0 Å². The number of nitrogens with one attached hydrogen (secondary N) is 2. The summed E-state index contributed by atoms with van der Waals surface area (Å²) in [5.41, 5.74) is 1.48. The van der Waals surface area contributed by atoms with Gasteiger partial charge in [-0.25, -0.2) is 8.42 Å². The predicted molar refractivity (Wildman–Crippen MR) is 123 cm³/mol. The lowest BCUT2D eigenvalue weighted by Gasteiger charge is -2.40. The van der Waals surface area contributed by atoms with E-state index in [-0.39, 0.29) is 11.4 Å². The third kappa shape index (κ3) is 6.92. The van der Waals surface area contributed by atoms with Gasteiger partial charge in [0, 0.05) is 36.4 Å². The number of anilines is 1. The summed E-state index contributed by atoms with van der Waals surface area (Å²) in [5, 5.41) is 4.09. The van der Waals surface area contributed by atoms with Gasteiger partial charge in [-0.3, -0.25) is 14.4 Å². The molecule has 1 aliphatic heterocycles. The number of carbonyl (C=O) groups is 1. The first-order valence-electron chi connectivity index (χ1n) is 10.2. The number of nitrogens with zero attached hydrogens (tertiary/aromatic N) is 1. The standard InChI is InChI=1S/C23H29N3O4S/c1-23(2,26-13-15-30-16-14-26)18-24-22(27)20-8-10-21(11-9-20)25-31(28,29)17-12-19-6-4-3-5-7-19/h3-12,17,25H,13-16,18H2,1-2H3,(H,24,27). The van der Waals surface area contributed by atoms with Crippen LogP contribution in [0.3, 0.4) is 0 Å². The first-order chi connectivity index (χ1) is 14.8. The summed E-state index contributed by atoms with van der Waals surface area (Å²) in [7, 11) is -3.65. The van der Waals surface area contributed by atoms with Crippen LogP contribution in [-0.2, 0) is 14.8 Å². The van der Waals surface area contributed by atoms with E-state index in [9.17, 15) is 13.2 Å². The molecule has 0 unspecified atom stereocenters. The van der Waals surface area contributed by atoms with Crippen LogP contribution in [0.2, 0.25) is 0 Å². The van der Waals surface area contributed by atoms with Gasteiger partial charge in [0.2, 0.25) is 0 Å². The van der Waals surface area contributed by atoms with E-state index in [0.717, 1.165) is 24.1 Å². The van der Waals surface area contributed by atoms with Crippen molar-refractivity contribution in [2.24, 2.45) is 0 Å². The van der Waals surface area contributed by atoms with Gasteiger partial charge in [0.15, 0.2) is 0 Å². The zero-order valence-electron chi connectivity index (χ0n) is 17.9. The van der Waals surface area contributed by atoms with Crippen molar-refractivity contribution in [2.45, 2.75) is 19.4 Å². The molecule has 0 saturated carbocycles. The molecule has 166 valence electrons. The summed E-state index contributed by atoms with van der Waals surface area (Å²) in [4.78, 5) is 14.8. The van der Waals surface area contributed by atoms with Gasteiger partial charge in [0.25, 0.3) is 15.9 Å². The molecule has 1 fully saturated rings. The Labute approximate surface area is 184 Å². The fourth-order valence-electron chi connectivity index (χ4n) is 3.30. The average Bonchev–Trinajstić information content (AvgIpc) is 2.78. The Hall–Kier alpha value is -2.68. The summed E-state index contributed by atoms with van der Waals surface area (Å²) in [6.45, 7) is 7.79. The molecule has 0 aromatic heterocycles. The van der Waals surface area contributed by atoms with Gasteiger partial charge in [-0.15, -0.1) is 0 Å². The molecule has 0 aliphatic carbocycles. The van der Waals surface area contributed by atoms with E-state index in [1.54, 1.807) is 24.3 Å². The van der Waals surface area contributed by atoms with Crippen molar-refractivity contribution in [1.29, 1.82) is 0 Å². The molecule has 0 bridgehead atoms. The van der Waals surface area contributed by atoms with Gasteiger partial charge in [-0.2, -0.15) is 0 Å². The third-order valence-corrected chi connectivity index (χ3v) is 6.21. The number of carbonyl (C=O) groups excluding carboxylic acids is 1. The number of rotatable bonds is 8. The number of amides is 1. The summed E-state index contributed by atoms with van der Waals surface area (Å²) < 4.78 is 32.4. The molecule has 1 aliphatic rings. The maximum absolute atomic E-state index is 12.5. The van der Waals surface area contributed by atoms with Crippen LogP contribution in [-0.4, -0.2) is 57.6 Å². The quantitative estimate of drug-likeness (QED) is 0.655. The van der Waals surface area contributed by atoms with Crippen LogP contribution in [0.4, 0.5) is 5.69 Å². The molecule has 8 heteroatoms. The maximum atomic E-state index is 12.5. The summed E-state index contributed by atoms with van der Waals surface area (Å²) in [5.74, 6) is -0.195. The fraction of sp³-hybridized carbons (Fsp3) is 0.348. The van der Waals surface area contributed by atoms with E-state index in [1.165, 1.54) is 6.08 Å². The smallest absolute Gasteiger partial charge is 0.255 e. The highest BCUT2D eigenvalue weighted by molar-refractivity contribution is 7.95. The Kier molecular flexibility index (Phi) is 7.48. The number of benzene rings is 2. The minimum absolute atomic E-state index is 0.180. The molecule has 0 spiro atoms. The van der Waals surface area contributed by atoms with Crippen molar-refractivity contribution in [3.05, 3.63) is 71.1 Å². The molecular weight excluding hydrogens is 414 g/mol. The second kappa shape index (κ2) is 10.1. The highest BCUT2D eigenvalue weighted by atomic mass is 32.2. The second-order valence-electron chi connectivity index (χ2n) is 8.03. The monoisotopic (exact) mass is 443 g/mol. The summed E-state index contributed by atoms with van der Waals surface area (Å²) >= 11 is 0. The molecule has 1 amide bonds. The van der Waals surface area contributed by atoms with E-state index < -0.39 is 10.0 Å². The Bertz CT molecular complexity index is 997.